The molecule has 1 saturated heterocycles. The van der Waals surface area contributed by atoms with Gasteiger partial charge in [0.2, 0.25) is 0 Å². The highest BCUT2D eigenvalue weighted by molar-refractivity contribution is 5.63. The number of unbranched alkanes of at least 4 members (excludes halogenated alkanes) is 3. The fourth-order valence-electron chi connectivity index (χ4n) is 3.13. The minimum atomic E-state index is -0.843. The Morgan fingerprint density at radius 3 is 2.30 bits per heavy atom. The highest BCUT2D eigenvalue weighted by atomic mass is 19.2. The molecule has 0 atom stereocenters. The molecule has 0 unspecified atom stereocenters. The van der Waals surface area contributed by atoms with Crippen molar-refractivity contribution in [1.82, 2.24) is 0 Å². The van der Waals surface area contributed by atoms with Crippen molar-refractivity contribution in [3.63, 3.8) is 0 Å². The third-order valence-corrected chi connectivity index (χ3v) is 4.74. The van der Waals surface area contributed by atoms with Crippen LogP contribution in [0.25, 0.3) is 11.1 Å². The Balaban J connectivity index is 1.53. The summed E-state index contributed by atoms with van der Waals surface area (Å²) in [5.41, 5.74) is 2.38. The lowest BCUT2D eigenvalue weighted by molar-refractivity contribution is -0.197. The molecular formula is C23H26F2O2. The van der Waals surface area contributed by atoms with Gasteiger partial charge in [-0.3, -0.25) is 0 Å². The fraction of sp³-hybridized carbons (Fsp3) is 0.391. The molecule has 0 spiro atoms. The predicted octanol–water partition coefficient (Wildman–Crippen LogP) is 6.43. The van der Waals surface area contributed by atoms with E-state index in [9.17, 15) is 8.78 Å². The predicted molar refractivity (Wildman–Crippen MR) is 103 cm³/mol. The van der Waals surface area contributed by atoms with Crippen molar-refractivity contribution in [2.75, 3.05) is 13.2 Å². The molecule has 1 aliphatic heterocycles. The lowest BCUT2D eigenvalue weighted by atomic mass is 10.0. The average Bonchev–Trinajstić information content (AvgIpc) is 2.71. The van der Waals surface area contributed by atoms with Crippen molar-refractivity contribution in [3.8, 4) is 11.1 Å². The summed E-state index contributed by atoms with van der Waals surface area (Å²) in [5, 5.41) is 0. The van der Waals surface area contributed by atoms with Gasteiger partial charge in [0.1, 0.15) is 0 Å². The maximum atomic E-state index is 13.4. The van der Waals surface area contributed by atoms with E-state index >= 15 is 0 Å². The van der Waals surface area contributed by atoms with Crippen LogP contribution in [-0.4, -0.2) is 13.2 Å². The van der Waals surface area contributed by atoms with Crippen molar-refractivity contribution in [3.05, 3.63) is 71.8 Å². The van der Waals surface area contributed by atoms with Gasteiger partial charge in [-0.05, 0) is 36.1 Å². The van der Waals surface area contributed by atoms with E-state index in [1.165, 1.54) is 25.3 Å². The third kappa shape index (κ3) is 5.47. The second kappa shape index (κ2) is 9.77. The van der Waals surface area contributed by atoms with Crippen molar-refractivity contribution in [2.24, 2.45) is 5.92 Å². The molecule has 0 amide bonds. The normalized spacial score (nSPS) is 20.3. The van der Waals surface area contributed by atoms with Gasteiger partial charge in [0.25, 0.3) is 0 Å². The second-order valence-electron chi connectivity index (χ2n) is 6.93. The number of rotatable bonds is 7. The molecule has 0 bridgehead atoms. The first-order chi connectivity index (χ1) is 13.2. The third-order valence-electron chi connectivity index (χ3n) is 4.74. The molecule has 0 aromatic heterocycles. The molecule has 27 heavy (non-hydrogen) atoms. The molecule has 144 valence electrons. The second-order valence-corrected chi connectivity index (χ2v) is 6.93. The summed E-state index contributed by atoms with van der Waals surface area (Å²) in [6.07, 6.45) is 8.88. The lowest BCUT2D eigenvalue weighted by Gasteiger charge is -2.28. The highest BCUT2D eigenvalue weighted by Gasteiger charge is 2.22. The van der Waals surface area contributed by atoms with E-state index in [-0.39, 0.29) is 6.29 Å². The molecule has 1 aliphatic rings. The quantitative estimate of drug-likeness (QED) is 0.412. The Morgan fingerprint density at radius 2 is 1.63 bits per heavy atom. The number of halogens is 2. The molecule has 1 fully saturated rings. The molecule has 0 aliphatic carbocycles. The van der Waals surface area contributed by atoms with Crippen molar-refractivity contribution >= 4 is 0 Å². The standard InChI is InChI=1S/C23H26F2O2/c1-2-3-4-5-6-7-17-15-26-23(27-16-17)19-10-8-18(9-11-19)20-12-13-21(24)22(25)14-20/h6-14,17,23H,2-5,15-16H2,1H3/t17-,23-. The van der Waals surface area contributed by atoms with Crippen LogP contribution < -0.4 is 0 Å². The molecular weight excluding hydrogens is 346 g/mol. The van der Waals surface area contributed by atoms with E-state index < -0.39 is 11.6 Å². The zero-order chi connectivity index (χ0) is 19.1. The molecule has 2 aromatic rings. The Hall–Kier alpha value is -2.04. The topological polar surface area (TPSA) is 18.5 Å². The van der Waals surface area contributed by atoms with Gasteiger partial charge >= 0.3 is 0 Å². The molecule has 0 radical (unpaired) electrons. The van der Waals surface area contributed by atoms with Gasteiger partial charge in [0.05, 0.1) is 13.2 Å². The summed E-state index contributed by atoms with van der Waals surface area (Å²) in [6, 6.07) is 11.5. The number of hydrogen-bond acceptors (Lipinski definition) is 2. The smallest absolute Gasteiger partial charge is 0.183 e. The Labute approximate surface area is 159 Å². The maximum absolute atomic E-state index is 13.4. The number of ether oxygens (including phenoxy) is 2. The fourth-order valence-corrected chi connectivity index (χ4v) is 3.13. The Kier molecular flexibility index (Phi) is 7.13. The maximum Gasteiger partial charge on any atom is 0.183 e. The van der Waals surface area contributed by atoms with Gasteiger partial charge in [-0.2, -0.15) is 0 Å². The minimum absolute atomic E-state index is 0.296. The zero-order valence-corrected chi connectivity index (χ0v) is 15.7. The van der Waals surface area contributed by atoms with E-state index in [2.05, 4.69) is 19.1 Å². The number of allylic oxidation sites excluding steroid dienone is 1. The average molecular weight is 372 g/mol. The van der Waals surface area contributed by atoms with E-state index in [1.54, 1.807) is 6.07 Å². The molecule has 0 N–H and O–H groups in total. The lowest BCUT2D eigenvalue weighted by Crippen LogP contribution is -2.25. The highest BCUT2D eigenvalue weighted by Crippen LogP contribution is 2.28. The van der Waals surface area contributed by atoms with Gasteiger partial charge in [0, 0.05) is 11.5 Å². The van der Waals surface area contributed by atoms with Crippen molar-refractivity contribution in [2.45, 2.75) is 38.9 Å². The van der Waals surface area contributed by atoms with E-state index in [0.29, 0.717) is 24.7 Å². The number of benzene rings is 2. The van der Waals surface area contributed by atoms with Gasteiger partial charge in [-0.25, -0.2) is 8.78 Å². The summed E-state index contributed by atoms with van der Waals surface area (Å²) in [4.78, 5) is 0. The largest absolute Gasteiger partial charge is 0.348 e. The minimum Gasteiger partial charge on any atom is -0.348 e. The van der Waals surface area contributed by atoms with E-state index in [1.807, 2.05) is 24.3 Å². The van der Waals surface area contributed by atoms with Crippen LogP contribution in [0.3, 0.4) is 0 Å². The molecule has 4 heteroatoms. The summed E-state index contributed by atoms with van der Waals surface area (Å²) in [5.74, 6) is -1.39. The Bertz CT molecular complexity index is 747. The molecule has 2 nitrogen and oxygen atoms in total. The summed E-state index contributed by atoms with van der Waals surface area (Å²) in [6.45, 7) is 3.48. The van der Waals surface area contributed by atoms with Gasteiger partial charge in [-0.15, -0.1) is 0 Å². The molecule has 1 heterocycles. The van der Waals surface area contributed by atoms with Crippen LogP contribution in [-0.2, 0) is 9.47 Å². The SMILES string of the molecule is CCCCCC=C[C@H]1CO[C@H](c2ccc(-c3ccc(F)c(F)c3)cc2)OC1. The monoisotopic (exact) mass is 372 g/mol. The van der Waals surface area contributed by atoms with Gasteiger partial charge in [0.15, 0.2) is 17.9 Å². The summed E-state index contributed by atoms with van der Waals surface area (Å²) in [7, 11) is 0. The first-order valence-electron chi connectivity index (χ1n) is 9.62. The number of hydrogen-bond donors (Lipinski definition) is 0. The molecule has 2 aromatic carbocycles. The van der Waals surface area contributed by atoms with E-state index in [4.69, 9.17) is 9.47 Å². The van der Waals surface area contributed by atoms with Crippen LogP contribution in [0, 0.1) is 17.6 Å². The van der Waals surface area contributed by atoms with Crippen LogP contribution in [0.15, 0.2) is 54.6 Å². The van der Waals surface area contributed by atoms with Crippen LogP contribution in [0.4, 0.5) is 8.78 Å². The van der Waals surface area contributed by atoms with Crippen LogP contribution >= 0.6 is 0 Å². The van der Waals surface area contributed by atoms with Crippen LogP contribution in [0.5, 0.6) is 0 Å². The van der Waals surface area contributed by atoms with Crippen LogP contribution in [0.2, 0.25) is 0 Å². The van der Waals surface area contributed by atoms with E-state index in [0.717, 1.165) is 23.6 Å². The summed E-state index contributed by atoms with van der Waals surface area (Å²) < 4.78 is 38.2. The Morgan fingerprint density at radius 1 is 0.926 bits per heavy atom. The van der Waals surface area contributed by atoms with Crippen molar-refractivity contribution < 1.29 is 18.3 Å². The zero-order valence-electron chi connectivity index (χ0n) is 15.7. The van der Waals surface area contributed by atoms with Crippen molar-refractivity contribution in [1.29, 1.82) is 0 Å². The first kappa shape index (κ1) is 19.7. The van der Waals surface area contributed by atoms with Crippen LogP contribution in [0.1, 0.15) is 44.5 Å². The molecule has 0 saturated carbocycles. The first-order valence-corrected chi connectivity index (χ1v) is 9.62. The molecule has 3 rings (SSSR count). The van der Waals surface area contributed by atoms with Gasteiger partial charge in [-0.1, -0.05) is 62.2 Å². The van der Waals surface area contributed by atoms with Gasteiger partial charge < -0.3 is 9.47 Å². The summed E-state index contributed by atoms with van der Waals surface area (Å²) >= 11 is 0.